The van der Waals surface area contributed by atoms with Crippen LogP contribution in [0.1, 0.15) is 44.1 Å². The van der Waals surface area contributed by atoms with E-state index < -0.39 is 6.10 Å². The van der Waals surface area contributed by atoms with Gasteiger partial charge in [0.15, 0.2) is 5.82 Å². The van der Waals surface area contributed by atoms with Gasteiger partial charge in [-0.3, -0.25) is 0 Å². The maximum Gasteiger partial charge on any atom is 0.153 e. The number of hydrogen-bond donors (Lipinski definition) is 1. The minimum absolute atomic E-state index is 0.410. The van der Waals surface area contributed by atoms with Crippen LogP contribution in [0, 0.1) is 0 Å². The summed E-state index contributed by atoms with van der Waals surface area (Å²) < 4.78 is 1.75. The summed E-state index contributed by atoms with van der Waals surface area (Å²) in [4.78, 5) is 4.28. The minimum Gasteiger partial charge on any atom is -0.389 e. The van der Waals surface area contributed by atoms with Crippen LogP contribution in [-0.4, -0.2) is 19.9 Å². The van der Waals surface area contributed by atoms with Gasteiger partial charge in [0.1, 0.15) is 0 Å². The molecule has 2 aromatic rings. The molecule has 1 atom stereocenters. The first-order chi connectivity index (χ1) is 8.08. The fourth-order valence-corrected chi connectivity index (χ4v) is 1.55. The Kier molecular flexibility index (Phi) is 3.24. The van der Waals surface area contributed by atoms with Crippen LogP contribution in [0.5, 0.6) is 0 Å². The third-order valence-electron chi connectivity index (χ3n) is 2.69. The third kappa shape index (κ3) is 2.53. The van der Waals surface area contributed by atoms with E-state index in [1.54, 1.807) is 17.8 Å². The molecule has 0 aromatic carbocycles. The number of aliphatic hydroxyl groups excluding tert-OH is 1. The van der Waals surface area contributed by atoms with Gasteiger partial charge in [-0.15, -0.1) is 0 Å². The van der Waals surface area contributed by atoms with E-state index in [9.17, 15) is 5.11 Å². The van der Waals surface area contributed by atoms with Crippen molar-refractivity contribution >= 4 is 0 Å². The summed E-state index contributed by atoms with van der Waals surface area (Å²) in [5.74, 6) is 1.18. The predicted octanol–water partition coefficient (Wildman–Crippen LogP) is 2.44. The second-order valence-corrected chi connectivity index (χ2v) is 4.47. The van der Waals surface area contributed by atoms with E-state index in [1.807, 2.05) is 24.4 Å². The molecule has 0 radical (unpaired) electrons. The standard InChI is InChI=1S/C13H17N3O/c1-9(2)12-6-7-16(15-12)13-5-4-11(8-14-13)10(3)17/h4-10,17H,1-3H3/t10-/m0/s1. The van der Waals surface area contributed by atoms with Crippen molar-refractivity contribution in [1.29, 1.82) is 0 Å². The Balaban J connectivity index is 2.27. The van der Waals surface area contributed by atoms with Gasteiger partial charge in [-0.05, 0) is 30.5 Å². The fraction of sp³-hybridized carbons (Fsp3) is 0.385. The molecule has 0 spiro atoms. The van der Waals surface area contributed by atoms with Crippen LogP contribution in [-0.2, 0) is 0 Å². The zero-order valence-electron chi connectivity index (χ0n) is 10.3. The first-order valence-corrected chi connectivity index (χ1v) is 5.78. The summed E-state index contributed by atoms with van der Waals surface area (Å²) in [7, 11) is 0. The van der Waals surface area contributed by atoms with Gasteiger partial charge < -0.3 is 5.11 Å². The number of aromatic nitrogens is 3. The summed E-state index contributed by atoms with van der Waals surface area (Å²) in [6, 6.07) is 5.72. The molecule has 0 saturated heterocycles. The van der Waals surface area contributed by atoms with E-state index in [2.05, 4.69) is 23.9 Å². The lowest BCUT2D eigenvalue weighted by Gasteiger charge is -2.05. The maximum absolute atomic E-state index is 9.40. The summed E-state index contributed by atoms with van der Waals surface area (Å²) in [6.45, 7) is 5.94. The molecule has 4 nitrogen and oxygen atoms in total. The van der Waals surface area contributed by atoms with E-state index in [4.69, 9.17) is 0 Å². The average Bonchev–Trinajstić information content (AvgIpc) is 2.78. The number of rotatable bonds is 3. The third-order valence-corrected chi connectivity index (χ3v) is 2.69. The van der Waals surface area contributed by atoms with Crippen molar-refractivity contribution in [2.24, 2.45) is 0 Å². The van der Waals surface area contributed by atoms with Crippen LogP contribution >= 0.6 is 0 Å². The van der Waals surface area contributed by atoms with Crippen LogP contribution < -0.4 is 0 Å². The molecule has 0 bridgehead atoms. The zero-order chi connectivity index (χ0) is 12.4. The normalized spacial score (nSPS) is 13.0. The highest BCUT2D eigenvalue weighted by atomic mass is 16.3. The summed E-state index contributed by atoms with van der Waals surface area (Å²) >= 11 is 0. The number of hydrogen-bond acceptors (Lipinski definition) is 3. The minimum atomic E-state index is -0.486. The summed E-state index contributed by atoms with van der Waals surface area (Å²) in [5.41, 5.74) is 1.86. The fourth-order valence-electron chi connectivity index (χ4n) is 1.55. The van der Waals surface area contributed by atoms with Gasteiger partial charge in [0.25, 0.3) is 0 Å². The van der Waals surface area contributed by atoms with Crippen LogP contribution in [0.4, 0.5) is 0 Å². The number of nitrogens with zero attached hydrogens (tertiary/aromatic N) is 3. The van der Waals surface area contributed by atoms with Gasteiger partial charge in [0.05, 0.1) is 11.8 Å². The lowest BCUT2D eigenvalue weighted by Crippen LogP contribution is -2.01. The van der Waals surface area contributed by atoms with Crippen molar-refractivity contribution in [3.05, 3.63) is 41.9 Å². The molecule has 17 heavy (non-hydrogen) atoms. The Hall–Kier alpha value is -1.68. The van der Waals surface area contributed by atoms with Crippen LogP contribution in [0.3, 0.4) is 0 Å². The Morgan fingerprint density at radius 2 is 1.94 bits per heavy atom. The molecule has 1 N–H and O–H groups in total. The van der Waals surface area contributed by atoms with Crippen molar-refractivity contribution in [1.82, 2.24) is 14.8 Å². The molecule has 0 saturated carbocycles. The topological polar surface area (TPSA) is 50.9 Å². The van der Waals surface area contributed by atoms with Crippen molar-refractivity contribution in [2.45, 2.75) is 32.8 Å². The Labute approximate surface area is 101 Å². The molecule has 0 aliphatic heterocycles. The Morgan fingerprint density at radius 3 is 2.41 bits per heavy atom. The van der Waals surface area contributed by atoms with Gasteiger partial charge >= 0.3 is 0 Å². The highest BCUT2D eigenvalue weighted by molar-refractivity contribution is 5.26. The lowest BCUT2D eigenvalue weighted by molar-refractivity contribution is 0.199. The molecular weight excluding hydrogens is 214 g/mol. The summed E-state index contributed by atoms with van der Waals surface area (Å²) in [5, 5.41) is 13.8. The van der Waals surface area contributed by atoms with E-state index in [0.29, 0.717) is 5.92 Å². The Bertz CT molecular complexity index is 486. The monoisotopic (exact) mass is 231 g/mol. The van der Waals surface area contributed by atoms with Gasteiger partial charge in [0.2, 0.25) is 0 Å². The molecule has 0 amide bonds. The van der Waals surface area contributed by atoms with Crippen molar-refractivity contribution in [2.75, 3.05) is 0 Å². The van der Waals surface area contributed by atoms with Crippen LogP contribution in [0.25, 0.3) is 5.82 Å². The van der Waals surface area contributed by atoms with Crippen molar-refractivity contribution in [3.8, 4) is 5.82 Å². The van der Waals surface area contributed by atoms with Crippen LogP contribution in [0.15, 0.2) is 30.6 Å². The van der Waals surface area contributed by atoms with Crippen LogP contribution in [0.2, 0.25) is 0 Å². The molecule has 0 aliphatic carbocycles. The van der Waals surface area contributed by atoms with E-state index >= 15 is 0 Å². The predicted molar refractivity (Wildman–Crippen MR) is 66.1 cm³/mol. The zero-order valence-corrected chi connectivity index (χ0v) is 10.3. The first kappa shape index (κ1) is 11.8. The van der Waals surface area contributed by atoms with Gasteiger partial charge in [-0.25, -0.2) is 9.67 Å². The molecule has 0 fully saturated rings. The molecule has 4 heteroatoms. The highest BCUT2D eigenvalue weighted by Crippen LogP contribution is 2.15. The van der Waals surface area contributed by atoms with Crippen molar-refractivity contribution in [3.63, 3.8) is 0 Å². The van der Waals surface area contributed by atoms with Gasteiger partial charge in [0, 0.05) is 12.4 Å². The van der Waals surface area contributed by atoms with Crippen molar-refractivity contribution < 1.29 is 5.11 Å². The lowest BCUT2D eigenvalue weighted by atomic mass is 10.1. The van der Waals surface area contributed by atoms with Gasteiger partial charge in [-0.1, -0.05) is 19.9 Å². The molecule has 2 aromatic heterocycles. The Morgan fingerprint density at radius 1 is 1.18 bits per heavy atom. The largest absolute Gasteiger partial charge is 0.389 e. The molecular formula is C13H17N3O. The van der Waals surface area contributed by atoms with E-state index in [1.165, 1.54) is 0 Å². The quantitative estimate of drug-likeness (QED) is 0.882. The number of aliphatic hydroxyl groups is 1. The maximum atomic E-state index is 9.40. The SMILES string of the molecule is CC(C)c1ccn(-c2ccc([C@H](C)O)cn2)n1. The second-order valence-electron chi connectivity index (χ2n) is 4.47. The molecule has 0 aliphatic rings. The molecule has 0 unspecified atom stereocenters. The van der Waals surface area contributed by atoms with E-state index in [-0.39, 0.29) is 0 Å². The summed E-state index contributed by atoms with van der Waals surface area (Å²) in [6.07, 6.45) is 3.09. The molecule has 2 rings (SSSR count). The van der Waals surface area contributed by atoms with E-state index in [0.717, 1.165) is 17.1 Å². The molecule has 2 heterocycles. The highest BCUT2D eigenvalue weighted by Gasteiger charge is 2.06. The molecule has 90 valence electrons. The number of pyridine rings is 1. The van der Waals surface area contributed by atoms with Gasteiger partial charge in [-0.2, -0.15) is 5.10 Å². The first-order valence-electron chi connectivity index (χ1n) is 5.78. The average molecular weight is 231 g/mol. The second kappa shape index (κ2) is 4.67. The smallest absolute Gasteiger partial charge is 0.153 e.